The molecule has 3 amide bonds. The van der Waals surface area contributed by atoms with Gasteiger partial charge in [-0.25, -0.2) is 4.98 Å². The van der Waals surface area contributed by atoms with E-state index in [9.17, 15) is 24.6 Å². The molecular weight excluding hydrogens is 817 g/mol. The van der Waals surface area contributed by atoms with Gasteiger partial charge in [-0.15, -0.1) is 21.5 Å². The van der Waals surface area contributed by atoms with Crippen LogP contribution in [-0.2, 0) is 26.2 Å². The van der Waals surface area contributed by atoms with E-state index in [-0.39, 0.29) is 65.9 Å². The highest BCUT2D eigenvalue weighted by Gasteiger charge is 2.55. The van der Waals surface area contributed by atoms with Crippen molar-refractivity contribution in [3.05, 3.63) is 88.8 Å². The van der Waals surface area contributed by atoms with Crippen LogP contribution in [-0.4, -0.2) is 115 Å². The van der Waals surface area contributed by atoms with Crippen molar-refractivity contribution in [2.45, 2.75) is 101 Å². The Morgan fingerprint density at radius 3 is 2.49 bits per heavy atom. The Balaban J connectivity index is 0.759. The minimum Gasteiger partial charge on any atom is -0.507 e. The van der Waals surface area contributed by atoms with Gasteiger partial charge in [0, 0.05) is 60.1 Å². The molecule has 3 aromatic heterocycles. The minimum atomic E-state index is -0.853. The van der Waals surface area contributed by atoms with Gasteiger partial charge < -0.3 is 40.1 Å². The van der Waals surface area contributed by atoms with Crippen LogP contribution >= 0.6 is 11.3 Å². The number of carbonyl (C=O) groups excluding carboxylic acids is 3. The number of aromatic hydroxyl groups is 1. The standard InChI is InChI=1S/C46H52BN9O6S/c1-24(2)39(44(61)56-22-32(57)15-35(56)42(59)50-45(4,47)29-11-9-26(10-12-29)40-25(3)48-23-63-40)37-16-38(53-62-37)54-20-31-14-30(54)21-55(31)43(60)28-18-46(19-28)17-27-13-34(51-52-41(27)49-46)33-7-5-6-8-36(33)58/h5-13,16,23-24,28,30-32,35,39,57-58H,14-15,17-22,47H2,1-4H3,(H,49,52)(H,50,59)/t28-,30-,31-,32+,35-,39?,45?,46-/m0/s1. The second kappa shape index (κ2) is 15.5. The fraction of sp³-hybridized carbons (Fsp3) is 0.457. The number of nitrogens with one attached hydrogen (secondary N) is 2. The number of aryl methyl sites for hydroxylation is 1. The van der Waals surface area contributed by atoms with Gasteiger partial charge >= 0.3 is 0 Å². The summed E-state index contributed by atoms with van der Waals surface area (Å²) >= 11 is 1.59. The van der Waals surface area contributed by atoms with Gasteiger partial charge in [0.25, 0.3) is 0 Å². The molecule has 2 unspecified atom stereocenters. The Morgan fingerprint density at radius 2 is 1.79 bits per heavy atom. The summed E-state index contributed by atoms with van der Waals surface area (Å²) < 4.78 is 5.94. The predicted molar refractivity (Wildman–Crippen MR) is 240 cm³/mol. The summed E-state index contributed by atoms with van der Waals surface area (Å²) in [6.07, 6.45) is 2.33. The number of aliphatic hydroxyl groups excluding tert-OH is 1. The average Bonchev–Trinajstić information content (AvgIpc) is 4.11. The number of rotatable bonds is 10. The first-order valence-corrected chi connectivity index (χ1v) is 22.8. The lowest BCUT2D eigenvalue weighted by Gasteiger charge is -2.47. The molecule has 326 valence electrons. The molecule has 1 saturated carbocycles. The van der Waals surface area contributed by atoms with Gasteiger partial charge in [-0.2, -0.15) is 0 Å². The van der Waals surface area contributed by atoms with Crippen LogP contribution in [0.3, 0.4) is 0 Å². The van der Waals surface area contributed by atoms with E-state index >= 15 is 0 Å². The molecule has 17 heteroatoms. The Morgan fingerprint density at radius 1 is 1.02 bits per heavy atom. The van der Waals surface area contributed by atoms with Gasteiger partial charge in [-0.1, -0.05) is 55.4 Å². The van der Waals surface area contributed by atoms with Crippen LogP contribution in [0, 0.1) is 18.8 Å². The summed E-state index contributed by atoms with van der Waals surface area (Å²) in [5.74, 6) is 0.563. The highest BCUT2D eigenvalue weighted by molar-refractivity contribution is 7.13. The number of phenols is 1. The summed E-state index contributed by atoms with van der Waals surface area (Å²) in [6, 6.07) is 18.3. The number of thiazole rings is 1. The predicted octanol–water partition coefficient (Wildman–Crippen LogP) is 4.20. The first-order chi connectivity index (χ1) is 30.2. The highest BCUT2D eigenvalue weighted by Crippen LogP contribution is 2.50. The summed E-state index contributed by atoms with van der Waals surface area (Å²) in [5, 5.41) is 41.1. The number of fused-ring (bicyclic) bond motifs is 3. The molecule has 4 N–H and O–H groups in total. The number of anilines is 2. The molecule has 4 fully saturated rings. The number of phenolic OH excluding ortho intramolecular Hbond substituents is 1. The lowest BCUT2D eigenvalue weighted by molar-refractivity contribution is -0.141. The normalized spacial score (nSPS) is 26.1. The molecule has 2 aromatic carbocycles. The molecule has 5 aromatic rings. The summed E-state index contributed by atoms with van der Waals surface area (Å²) in [4.78, 5) is 53.6. The molecule has 63 heavy (non-hydrogen) atoms. The molecule has 1 spiro atoms. The first kappa shape index (κ1) is 41.2. The van der Waals surface area contributed by atoms with Crippen LogP contribution in [0.15, 0.2) is 70.7 Å². The lowest BCUT2D eigenvalue weighted by Crippen LogP contribution is -2.57. The quantitative estimate of drug-likeness (QED) is 0.147. The molecule has 4 aliphatic heterocycles. The van der Waals surface area contributed by atoms with Crippen LogP contribution in [0.2, 0.25) is 0 Å². The van der Waals surface area contributed by atoms with Crippen molar-refractivity contribution in [1.82, 2.24) is 35.5 Å². The van der Waals surface area contributed by atoms with E-state index in [4.69, 9.17) is 4.52 Å². The van der Waals surface area contributed by atoms with Gasteiger partial charge in [0.15, 0.2) is 17.4 Å². The van der Waals surface area contributed by atoms with E-state index in [1.165, 1.54) is 4.90 Å². The van der Waals surface area contributed by atoms with Gasteiger partial charge in [-0.3, -0.25) is 14.4 Å². The molecule has 15 nitrogen and oxygen atoms in total. The molecule has 2 bridgehead atoms. The van der Waals surface area contributed by atoms with E-state index in [0.29, 0.717) is 35.9 Å². The fourth-order valence-corrected chi connectivity index (χ4v) is 11.6. The molecule has 1 aliphatic carbocycles. The molecule has 5 aliphatic rings. The molecule has 0 radical (unpaired) electrons. The number of β-amino-alcohol motifs (C(OH)–C–C–N with tert-alkyl or cyclic N) is 1. The molecule has 3 saturated heterocycles. The summed E-state index contributed by atoms with van der Waals surface area (Å²) in [7, 11) is 1.93. The zero-order valence-corrected chi connectivity index (χ0v) is 36.9. The van der Waals surface area contributed by atoms with Crippen molar-refractivity contribution in [2.75, 3.05) is 29.9 Å². The van der Waals surface area contributed by atoms with Crippen LogP contribution in [0.25, 0.3) is 21.7 Å². The fourth-order valence-electron chi connectivity index (χ4n) is 10.8. The summed E-state index contributed by atoms with van der Waals surface area (Å²) in [6.45, 7) is 9.07. The van der Waals surface area contributed by atoms with Crippen molar-refractivity contribution in [2.24, 2.45) is 11.8 Å². The number of aromatic nitrogens is 4. The zero-order chi connectivity index (χ0) is 43.9. The van der Waals surface area contributed by atoms with Crippen LogP contribution in [0.5, 0.6) is 5.75 Å². The van der Waals surface area contributed by atoms with E-state index in [1.807, 2.05) is 94.5 Å². The number of piperazine rings is 1. The largest absolute Gasteiger partial charge is 0.507 e. The number of likely N-dealkylation sites (tertiary alicyclic amines) is 2. The maximum absolute atomic E-state index is 14.4. The Kier molecular flexibility index (Phi) is 10.1. The third-order valence-corrected chi connectivity index (χ3v) is 15.1. The Hall–Kier alpha value is -5.81. The molecule has 10 rings (SSSR count). The monoisotopic (exact) mass is 869 g/mol. The second-order valence-corrected chi connectivity index (χ2v) is 20.0. The van der Waals surface area contributed by atoms with Gasteiger partial charge in [0.1, 0.15) is 25.6 Å². The first-order valence-electron chi connectivity index (χ1n) is 22.0. The topological polar surface area (TPSA) is 190 Å². The summed E-state index contributed by atoms with van der Waals surface area (Å²) in [5.41, 5.74) is 6.13. The minimum absolute atomic E-state index is 0.0456. The smallest absolute Gasteiger partial charge is 0.243 e. The number of carbonyl (C=O) groups is 3. The Bertz CT molecular complexity index is 2590. The van der Waals surface area contributed by atoms with Crippen molar-refractivity contribution < 1.29 is 29.1 Å². The number of hydrogen-bond donors (Lipinski definition) is 4. The number of hydrogen-bond acceptors (Lipinski definition) is 13. The van der Waals surface area contributed by atoms with E-state index in [0.717, 1.165) is 58.8 Å². The number of nitrogens with zero attached hydrogens (tertiary/aromatic N) is 7. The van der Waals surface area contributed by atoms with Crippen molar-refractivity contribution in [1.29, 1.82) is 0 Å². The highest BCUT2D eigenvalue weighted by atomic mass is 32.1. The van der Waals surface area contributed by atoms with Crippen molar-refractivity contribution in [3.8, 4) is 27.4 Å². The SMILES string of the molecule is BC(C)(NC(=O)[C@@H]1C[C@@H](O)CN1C(=O)C(c1cc(N2C[C@@H]3C[C@H]2CN3C(=O)[C@H]2C[C@@]3(Cc4cc(-c5ccccc5O)nnc4N3)C2)no1)C(C)C)c1ccc(-c2scnc2C)cc1. The molecule has 7 heterocycles. The zero-order valence-electron chi connectivity index (χ0n) is 36.1. The average molecular weight is 870 g/mol. The second-order valence-electron chi connectivity index (χ2n) is 19.2. The van der Waals surface area contributed by atoms with Gasteiger partial charge in [0.05, 0.1) is 40.0 Å². The number of para-hydroxylation sites is 1. The maximum atomic E-state index is 14.4. The Labute approximate surface area is 370 Å². The number of aliphatic hydroxyl groups is 1. The van der Waals surface area contributed by atoms with Crippen molar-refractivity contribution >= 4 is 48.5 Å². The molecular formula is C46H52BN9O6S. The van der Waals surface area contributed by atoms with Gasteiger partial charge in [-0.05, 0) is 74.8 Å². The number of benzene rings is 2. The van der Waals surface area contributed by atoms with Crippen LogP contribution in [0.4, 0.5) is 11.6 Å². The van der Waals surface area contributed by atoms with E-state index < -0.39 is 23.5 Å². The van der Waals surface area contributed by atoms with Crippen LogP contribution in [0.1, 0.15) is 75.0 Å². The third kappa shape index (κ3) is 7.32. The van der Waals surface area contributed by atoms with E-state index in [2.05, 4.69) is 35.9 Å². The lowest BCUT2D eigenvalue weighted by atomic mass is 9.66. The number of amides is 3. The van der Waals surface area contributed by atoms with Gasteiger partial charge in [0.2, 0.25) is 17.7 Å². The molecule has 6 atom stereocenters. The third-order valence-electron chi connectivity index (χ3n) is 14.1. The van der Waals surface area contributed by atoms with Crippen LogP contribution < -0.4 is 15.5 Å². The van der Waals surface area contributed by atoms with Crippen molar-refractivity contribution in [3.63, 3.8) is 0 Å². The maximum Gasteiger partial charge on any atom is 0.243 e. The van der Waals surface area contributed by atoms with E-state index in [1.54, 1.807) is 23.5 Å².